The lowest BCUT2D eigenvalue weighted by Gasteiger charge is -2.22. The Morgan fingerprint density at radius 2 is 1.76 bits per heavy atom. The summed E-state index contributed by atoms with van der Waals surface area (Å²) in [5, 5.41) is 27.8. The van der Waals surface area contributed by atoms with Crippen molar-refractivity contribution in [1.82, 2.24) is 24.8 Å². The number of benzene rings is 2. The molecule has 220 valence electrons. The second kappa shape index (κ2) is 11.9. The third kappa shape index (κ3) is 5.48. The van der Waals surface area contributed by atoms with E-state index >= 15 is 0 Å². The molecule has 2 aromatic carbocycles. The number of methoxy groups -OCH3 is 1. The molecular weight excluding hydrogens is 536 g/mol. The van der Waals surface area contributed by atoms with Gasteiger partial charge in [0.2, 0.25) is 5.95 Å². The van der Waals surface area contributed by atoms with E-state index in [4.69, 9.17) is 20.4 Å². The van der Waals surface area contributed by atoms with Crippen molar-refractivity contribution < 1.29 is 19.7 Å². The van der Waals surface area contributed by atoms with E-state index in [-0.39, 0.29) is 18.4 Å². The summed E-state index contributed by atoms with van der Waals surface area (Å²) in [5.41, 5.74) is 9.63. The van der Waals surface area contributed by atoms with E-state index in [1.807, 2.05) is 36.4 Å². The van der Waals surface area contributed by atoms with Crippen molar-refractivity contribution in [3.05, 3.63) is 78.1 Å². The van der Waals surface area contributed by atoms with Crippen molar-refractivity contribution in [3.63, 3.8) is 0 Å². The number of anilines is 2. The predicted molar refractivity (Wildman–Crippen MR) is 158 cm³/mol. The number of aliphatic hydroxyl groups excluding tert-OH is 2. The van der Waals surface area contributed by atoms with E-state index in [0.29, 0.717) is 36.0 Å². The molecule has 1 saturated carbocycles. The Kier molecular flexibility index (Phi) is 7.92. The predicted octanol–water partition coefficient (Wildman–Crippen LogP) is 2.00. The molecule has 1 aliphatic heterocycles. The summed E-state index contributed by atoms with van der Waals surface area (Å²) in [6.07, 6.45) is -0.294. The van der Waals surface area contributed by atoms with Crippen molar-refractivity contribution in [1.29, 1.82) is 0 Å². The topological polar surface area (TPSA) is 164 Å². The number of aromatic nitrogens is 4. The van der Waals surface area contributed by atoms with Crippen molar-refractivity contribution in [2.45, 2.75) is 49.1 Å². The number of aliphatic hydroxyl groups is 2. The minimum atomic E-state index is -1.18. The molecule has 5 atom stereocenters. The summed E-state index contributed by atoms with van der Waals surface area (Å²) in [5.74, 6) is 1.15. The van der Waals surface area contributed by atoms with Gasteiger partial charge in [0.15, 0.2) is 17.0 Å². The van der Waals surface area contributed by atoms with Gasteiger partial charge in [0.05, 0.1) is 25.5 Å². The van der Waals surface area contributed by atoms with Crippen molar-refractivity contribution in [2.75, 3.05) is 37.0 Å². The van der Waals surface area contributed by atoms with Crippen LogP contribution in [0.1, 0.15) is 35.9 Å². The summed E-state index contributed by atoms with van der Waals surface area (Å²) in [4.78, 5) is 28.3. The fourth-order valence-corrected chi connectivity index (χ4v) is 6.02. The zero-order valence-corrected chi connectivity index (χ0v) is 23.4. The number of nitrogens with two attached hydrogens (primary N) is 1. The molecule has 0 bridgehead atoms. The molecular formula is C30H36N8O4. The number of nitrogens with zero attached hydrogens (tertiary/aromatic N) is 5. The van der Waals surface area contributed by atoms with Crippen molar-refractivity contribution in [3.8, 4) is 0 Å². The molecule has 3 heterocycles. The SMILES string of the molecule is COC(=O)N[C@H]1C[C@@H](n2cnc3c(NCC(c4ccccc4)c4ccccc4)nc(N4CC[C@@H](N)C4)nc32)[C@H](O)[C@@H]1O. The molecule has 2 aromatic heterocycles. The van der Waals surface area contributed by atoms with E-state index in [0.717, 1.165) is 13.0 Å². The van der Waals surface area contributed by atoms with Gasteiger partial charge in [-0.3, -0.25) is 0 Å². The first-order chi connectivity index (χ1) is 20.4. The second-order valence-corrected chi connectivity index (χ2v) is 11.0. The van der Waals surface area contributed by atoms with Crippen molar-refractivity contribution >= 4 is 29.0 Å². The highest BCUT2D eigenvalue weighted by atomic mass is 16.5. The fourth-order valence-electron chi connectivity index (χ4n) is 6.02. The summed E-state index contributed by atoms with van der Waals surface area (Å²) in [6, 6.07) is 19.4. The molecule has 2 fully saturated rings. The molecule has 1 saturated heterocycles. The van der Waals surface area contributed by atoms with Crippen LogP contribution >= 0.6 is 0 Å². The number of hydrogen-bond acceptors (Lipinski definition) is 10. The lowest BCUT2D eigenvalue weighted by Crippen LogP contribution is -2.43. The first-order valence-corrected chi connectivity index (χ1v) is 14.2. The van der Waals surface area contributed by atoms with E-state index in [1.165, 1.54) is 18.2 Å². The Bertz CT molecular complexity index is 1480. The van der Waals surface area contributed by atoms with Crippen LogP contribution in [-0.4, -0.2) is 86.9 Å². The molecule has 4 aromatic rings. The maximum Gasteiger partial charge on any atom is 0.407 e. The van der Waals surface area contributed by atoms with E-state index in [9.17, 15) is 15.0 Å². The highest BCUT2D eigenvalue weighted by Crippen LogP contribution is 2.35. The summed E-state index contributed by atoms with van der Waals surface area (Å²) in [7, 11) is 1.26. The molecule has 0 spiro atoms. The molecule has 42 heavy (non-hydrogen) atoms. The number of alkyl carbamates (subject to hydrolysis) is 1. The first-order valence-electron chi connectivity index (χ1n) is 14.2. The minimum absolute atomic E-state index is 0.0307. The summed E-state index contributed by atoms with van der Waals surface area (Å²) >= 11 is 0. The van der Waals surface area contributed by atoms with Crippen LogP contribution in [0.2, 0.25) is 0 Å². The zero-order valence-electron chi connectivity index (χ0n) is 23.4. The van der Waals surface area contributed by atoms with E-state index in [1.54, 1.807) is 10.9 Å². The maximum absolute atomic E-state index is 11.8. The molecule has 2 aliphatic rings. The van der Waals surface area contributed by atoms with Gasteiger partial charge in [0.25, 0.3) is 0 Å². The maximum atomic E-state index is 11.8. The molecule has 6 rings (SSSR count). The zero-order chi connectivity index (χ0) is 29.2. The molecule has 6 N–H and O–H groups in total. The van der Waals surface area contributed by atoms with Crippen LogP contribution in [0, 0.1) is 0 Å². The van der Waals surface area contributed by atoms with Crippen molar-refractivity contribution in [2.24, 2.45) is 5.73 Å². The third-order valence-corrected chi connectivity index (χ3v) is 8.29. The number of carbonyl (C=O) groups is 1. The van der Waals surface area contributed by atoms with Crippen LogP contribution in [0.4, 0.5) is 16.6 Å². The standard InChI is InChI=1S/C30H36N8O4/c1-42-30(41)34-22-14-23(26(40)25(22)39)38-17-33-24-27(35-29(36-28(24)38)37-13-12-20(31)16-37)32-15-21(18-8-4-2-5-9-18)19-10-6-3-7-11-19/h2-11,17,20-23,25-26,39-40H,12-16,31H2,1H3,(H,34,41)(H,32,35,36)/t20-,22+,23-,25-,26+/m1/s1. The van der Waals surface area contributed by atoms with Crippen LogP contribution in [0.3, 0.4) is 0 Å². The highest BCUT2D eigenvalue weighted by Gasteiger charge is 2.44. The Morgan fingerprint density at radius 3 is 2.38 bits per heavy atom. The number of nitrogens with one attached hydrogen (secondary N) is 2. The molecule has 0 unspecified atom stereocenters. The quantitative estimate of drug-likeness (QED) is 0.211. The first kappa shape index (κ1) is 27.9. The average Bonchev–Trinajstić information content (AvgIpc) is 3.72. The van der Waals surface area contributed by atoms with Gasteiger partial charge in [-0.15, -0.1) is 0 Å². The van der Waals surface area contributed by atoms with Crippen LogP contribution < -0.4 is 21.3 Å². The third-order valence-electron chi connectivity index (χ3n) is 8.29. The second-order valence-electron chi connectivity index (χ2n) is 11.0. The van der Waals surface area contributed by atoms with Gasteiger partial charge < -0.3 is 40.8 Å². The normalized spacial score (nSPS) is 23.9. The molecule has 1 aliphatic carbocycles. The molecule has 12 heteroatoms. The monoisotopic (exact) mass is 572 g/mol. The lowest BCUT2D eigenvalue weighted by molar-refractivity contribution is 0.0142. The smallest absolute Gasteiger partial charge is 0.407 e. The average molecular weight is 573 g/mol. The minimum Gasteiger partial charge on any atom is -0.453 e. The lowest BCUT2D eigenvalue weighted by atomic mass is 9.91. The Labute approximate surface area is 243 Å². The number of carbonyl (C=O) groups excluding carboxylic acids is 1. The number of rotatable bonds is 8. The van der Waals surface area contributed by atoms with Gasteiger partial charge in [-0.25, -0.2) is 9.78 Å². The van der Waals surface area contributed by atoms with Gasteiger partial charge >= 0.3 is 6.09 Å². The fraction of sp³-hybridized carbons (Fsp3) is 0.400. The largest absolute Gasteiger partial charge is 0.453 e. The van der Waals surface area contributed by atoms with Gasteiger partial charge in [0, 0.05) is 31.6 Å². The number of hydrogen-bond donors (Lipinski definition) is 5. The Hall–Kier alpha value is -4.26. The molecule has 0 radical (unpaired) electrons. The van der Waals surface area contributed by atoms with E-state index < -0.39 is 30.4 Å². The summed E-state index contributed by atoms with van der Waals surface area (Å²) in [6.45, 7) is 1.92. The number of ether oxygens (including phenoxy) is 1. The Morgan fingerprint density at radius 1 is 1.07 bits per heavy atom. The molecule has 12 nitrogen and oxygen atoms in total. The van der Waals surface area contributed by atoms with Crippen LogP contribution in [-0.2, 0) is 4.74 Å². The molecule has 1 amide bonds. The van der Waals surface area contributed by atoms with Crippen LogP contribution in [0.5, 0.6) is 0 Å². The number of amides is 1. The van der Waals surface area contributed by atoms with Gasteiger partial charge in [-0.05, 0) is 24.0 Å². The van der Waals surface area contributed by atoms with Crippen LogP contribution in [0.25, 0.3) is 11.2 Å². The summed E-state index contributed by atoms with van der Waals surface area (Å²) < 4.78 is 6.46. The Balaban J connectivity index is 1.36. The van der Waals surface area contributed by atoms with Gasteiger partial charge in [0.1, 0.15) is 12.2 Å². The van der Waals surface area contributed by atoms with Gasteiger partial charge in [-0.2, -0.15) is 9.97 Å². The van der Waals surface area contributed by atoms with E-state index in [2.05, 4.69) is 44.8 Å². The highest BCUT2D eigenvalue weighted by molar-refractivity contribution is 5.84. The van der Waals surface area contributed by atoms with Crippen LogP contribution in [0.15, 0.2) is 67.0 Å². The van der Waals surface area contributed by atoms with Gasteiger partial charge in [-0.1, -0.05) is 60.7 Å². The number of fused-ring (bicyclic) bond motifs is 1. The number of imidazole rings is 1.